The second-order valence-electron chi connectivity index (χ2n) is 4.19. The van der Waals surface area contributed by atoms with E-state index in [2.05, 4.69) is 0 Å². The molecule has 0 radical (unpaired) electrons. The highest BCUT2D eigenvalue weighted by molar-refractivity contribution is 6.13. The number of aromatic hydroxyl groups is 2. The molecule has 7 heteroatoms. The maximum absolute atomic E-state index is 11.4. The summed E-state index contributed by atoms with van der Waals surface area (Å²) in [5.74, 6) is -1.13. The van der Waals surface area contributed by atoms with Gasteiger partial charge in [-0.15, -0.1) is 4.73 Å². The van der Waals surface area contributed by atoms with Gasteiger partial charge in [0.15, 0.2) is 0 Å². The topological polar surface area (TPSA) is 92.0 Å². The summed E-state index contributed by atoms with van der Waals surface area (Å²) in [7, 11) is 0. The lowest BCUT2D eigenvalue weighted by molar-refractivity contribution is -0.139. The third-order valence-electron chi connectivity index (χ3n) is 2.84. The summed E-state index contributed by atoms with van der Waals surface area (Å²) in [6.45, 7) is 1.86. The molecular weight excluding hydrogens is 252 g/mol. The molecule has 1 unspecified atom stereocenters. The lowest BCUT2D eigenvalue weighted by Crippen LogP contribution is -2.39. The van der Waals surface area contributed by atoms with Crippen LogP contribution in [0.25, 0.3) is 0 Å². The van der Waals surface area contributed by atoms with Crippen LogP contribution in [0, 0.1) is 0 Å². The van der Waals surface area contributed by atoms with E-state index < -0.39 is 0 Å². The Bertz CT molecular complexity index is 497. The molecule has 1 aromatic rings. The Labute approximate surface area is 109 Å². The number of hydrogen-bond acceptors (Lipinski definition) is 5. The fourth-order valence-corrected chi connectivity index (χ4v) is 1.82. The Balaban J connectivity index is 1.86. The van der Waals surface area contributed by atoms with E-state index >= 15 is 0 Å². The molecule has 0 saturated carbocycles. The van der Waals surface area contributed by atoms with Crippen molar-refractivity contribution in [2.24, 2.45) is 0 Å². The summed E-state index contributed by atoms with van der Waals surface area (Å²) in [5.41, 5.74) is 0. The molecule has 2 N–H and O–H groups in total. The van der Waals surface area contributed by atoms with E-state index in [4.69, 9.17) is 4.84 Å². The predicted molar refractivity (Wildman–Crippen MR) is 64.3 cm³/mol. The van der Waals surface area contributed by atoms with Gasteiger partial charge in [0.05, 0.1) is 0 Å². The summed E-state index contributed by atoms with van der Waals surface area (Å²) in [6.07, 6.45) is 2.84. The standard InChI is InChI=1S/C12H14N2O5/c1-8(13-9(15)2-3-10(13)16)6-7-19-14-11(17)4-5-12(14)18/h2-5,8,17-18H,6-7H2,1H3. The van der Waals surface area contributed by atoms with Crippen LogP contribution in [0.1, 0.15) is 13.3 Å². The molecule has 7 nitrogen and oxygen atoms in total. The quantitative estimate of drug-likeness (QED) is 0.734. The first-order chi connectivity index (χ1) is 9.00. The molecule has 0 spiro atoms. The third-order valence-corrected chi connectivity index (χ3v) is 2.84. The van der Waals surface area contributed by atoms with Crippen molar-refractivity contribution >= 4 is 11.8 Å². The molecule has 1 aromatic heterocycles. The number of rotatable bonds is 5. The van der Waals surface area contributed by atoms with Gasteiger partial charge in [0.25, 0.3) is 11.8 Å². The minimum absolute atomic E-state index is 0.133. The maximum atomic E-state index is 11.4. The first-order valence-corrected chi connectivity index (χ1v) is 5.79. The number of carbonyl (C=O) groups is 2. The maximum Gasteiger partial charge on any atom is 0.253 e. The highest BCUT2D eigenvalue weighted by Crippen LogP contribution is 2.19. The second-order valence-corrected chi connectivity index (χ2v) is 4.19. The van der Waals surface area contributed by atoms with Crippen molar-refractivity contribution < 1.29 is 24.6 Å². The molecule has 2 rings (SSSR count). The molecule has 1 atom stereocenters. The lowest BCUT2D eigenvalue weighted by atomic mass is 10.2. The summed E-state index contributed by atoms with van der Waals surface area (Å²) >= 11 is 0. The fourth-order valence-electron chi connectivity index (χ4n) is 1.82. The zero-order valence-corrected chi connectivity index (χ0v) is 10.3. The first kappa shape index (κ1) is 13.0. The van der Waals surface area contributed by atoms with Crippen molar-refractivity contribution in [1.82, 2.24) is 9.63 Å². The predicted octanol–water partition coefficient (Wildman–Crippen LogP) is 0.0315. The van der Waals surface area contributed by atoms with Gasteiger partial charge >= 0.3 is 0 Å². The molecule has 2 amide bonds. The normalized spacial score (nSPS) is 16.2. The van der Waals surface area contributed by atoms with Crippen LogP contribution >= 0.6 is 0 Å². The average Bonchev–Trinajstić information content (AvgIpc) is 2.85. The van der Waals surface area contributed by atoms with Crippen molar-refractivity contribution in [2.75, 3.05) is 6.61 Å². The van der Waals surface area contributed by atoms with Crippen LogP contribution in [-0.2, 0) is 9.59 Å². The zero-order valence-electron chi connectivity index (χ0n) is 10.3. The number of carbonyl (C=O) groups excluding carboxylic acids is 2. The van der Waals surface area contributed by atoms with Crippen molar-refractivity contribution in [3.8, 4) is 11.8 Å². The molecular formula is C12H14N2O5. The molecule has 2 heterocycles. The van der Waals surface area contributed by atoms with Gasteiger partial charge in [-0.1, -0.05) is 0 Å². The van der Waals surface area contributed by atoms with Crippen molar-refractivity contribution in [3.63, 3.8) is 0 Å². The monoisotopic (exact) mass is 266 g/mol. The van der Waals surface area contributed by atoms with Crippen LogP contribution < -0.4 is 4.84 Å². The van der Waals surface area contributed by atoms with E-state index in [9.17, 15) is 19.8 Å². The van der Waals surface area contributed by atoms with Crippen LogP contribution in [0.15, 0.2) is 24.3 Å². The van der Waals surface area contributed by atoms with Crippen LogP contribution in [0.3, 0.4) is 0 Å². The minimum atomic E-state index is -0.343. The molecule has 1 aliphatic heterocycles. The molecule has 0 aromatic carbocycles. The van der Waals surface area contributed by atoms with E-state index in [1.165, 1.54) is 24.3 Å². The Morgan fingerprint density at radius 3 is 2.21 bits per heavy atom. The van der Waals surface area contributed by atoms with Crippen LogP contribution in [0.5, 0.6) is 11.8 Å². The highest BCUT2D eigenvalue weighted by Gasteiger charge is 2.28. The summed E-state index contributed by atoms with van der Waals surface area (Å²) in [5, 5.41) is 18.7. The van der Waals surface area contributed by atoms with E-state index in [0.29, 0.717) is 6.42 Å². The van der Waals surface area contributed by atoms with E-state index in [1.807, 2.05) is 0 Å². The Kier molecular flexibility index (Phi) is 3.46. The average molecular weight is 266 g/mol. The van der Waals surface area contributed by atoms with Gasteiger partial charge in [-0.3, -0.25) is 14.5 Å². The molecule has 0 bridgehead atoms. The number of nitrogens with zero attached hydrogens (tertiary/aromatic N) is 2. The second kappa shape index (κ2) is 5.05. The smallest absolute Gasteiger partial charge is 0.253 e. The van der Waals surface area contributed by atoms with Gasteiger partial charge in [-0.2, -0.15) is 0 Å². The highest BCUT2D eigenvalue weighted by atomic mass is 16.7. The Morgan fingerprint density at radius 2 is 1.68 bits per heavy atom. The number of aromatic nitrogens is 1. The molecule has 0 aliphatic carbocycles. The molecule has 102 valence electrons. The van der Waals surface area contributed by atoms with Crippen LogP contribution in [-0.4, -0.2) is 44.3 Å². The largest absolute Gasteiger partial charge is 0.492 e. The zero-order chi connectivity index (χ0) is 14.0. The van der Waals surface area contributed by atoms with E-state index in [0.717, 1.165) is 9.63 Å². The lowest BCUT2D eigenvalue weighted by Gasteiger charge is -2.22. The molecule has 0 saturated heterocycles. The minimum Gasteiger partial charge on any atom is -0.492 e. The number of amides is 2. The number of hydrogen-bond donors (Lipinski definition) is 2. The molecule has 19 heavy (non-hydrogen) atoms. The van der Waals surface area contributed by atoms with Crippen molar-refractivity contribution in [1.29, 1.82) is 0 Å². The van der Waals surface area contributed by atoms with Gasteiger partial charge in [-0.05, 0) is 6.92 Å². The van der Waals surface area contributed by atoms with Crippen molar-refractivity contribution in [2.45, 2.75) is 19.4 Å². The van der Waals surface area contributed by atoms with E-state index in [-0.39, 0.29) is 36.2 Å². The first-order valence-electron chi connectivity index (χ1n) is 5.79. The third kappa shape index (κ3) is 2.54. The van der Waals surface area contributed by atoms with Gasteiger partial charge < -0.3 is 15.1 Å². The summed E-state index contributed by atoms with van der Waals surface area (Å²) < 4.78 is 0.874. The van der Waals surface area contributed by atoms with Gasteiger partial charge in [0.2, 0.25) is 11.8 Å². The number of imide groups is 1. The summed E-state index contributed by atoms with van der Waals surface area (Å²) in [6, 6.07) is 2.25. The SMILES string of the molecule is CC(CCOn1c(O)ccc1O)N1C(=O)C=CC1=O. The van der Waals surface area contributed by atoms with Crippen LogP contribution in [0.2, 0.25) is 0 Å². The molecule has 0 fully saturated rings. The molecule has 1 aliphatic rings. The summed E-state index contributed by atoms with van der Waals surface area (Å²) in [4.78, 5) is 29.1. The van der Waals surface area contributed by atoms with Gasteiger partial charge in [0, 0.05) is 36.7 Å². The van der Waals surface area contributed by atoms with Crippen molar-refractivity contribution in [3.05, 3.63) is 24.3 Å². The van der Waals surface area contributed by atoms with Gasteiger partial charge in [0.1, 0.15) is 6.61 Å². The van der Waals surface area contributed by atoms with E-state index in [1.54, 1.807) is 6.92 Å². The fraction of sp³-hybridized carbons (Fsp3) is 0.333. The Morgan fingerprint density at radius 1 is 1.16 bits per heavy atom. The Hall–Kier alpha value is -2.44. The van der Waals surface area contributed by atoms with Gasteiger partial charge in [-0.25, -0.2) is 0 Å². The van der Waals surface area contributed by atoms with Crippen LogP contribution in [0.4, 0.5) is 0 Å².